The molecule has 0 atom stereocenters. The Kier molecular flexibility index (Phi) is 9.83. The molecule has 1 fully saturated rings. The number of alkyl halides is 6. The predicted molar refractivity (Wildman–Crippen MR) is 166 cm³/mol. The van der Waals surface area contributed by atoms with Crippen LogP contribution in [0, 0.1) is 18.8 Å². The summed E-state index contributed by atoms with van der Waals surface area (Å²) in [6, 6.07) is 16.2. The number of carbonyl (C=O) groups is 1. The van der Waals surface area contributed by atoms with Gasteiger partial charge in [0.1, 0.15) is 5.69 Å². The van der Waals surface area contributed by atoms with Crippen LogP contribution in [0.5, 0.6) is 0 Å². The molecule has 0 spiro atoms. The molecule has 244 valence electrons. The molecule has 2 N–H and O–H groups in total. The van der Waals surface area contributed by atoms with Gasteiger partial charge in [0.05, 0.1) is 11.1 Å². The molecule has 0 saturated carbocycles. The zero-order valence-corrected chi connectivity index (χ0v) is 25.4. The topological polar surface area (TPSA) is 73.4 Å². The average Bonchev–Trinajstić information content (AvgIpc) is 3.02. The molecule has 4 aromatic rings. The van der Waals surface area contributed by atoms with Crippen LogP contribution < -0.4 is 10.6 Å². The Bertz CT molecular complexity index is 1790. The van der Waals surface area contributed by atoms with Crippen LogP contribution in [0.4, 0.5) is 43.5 Å². The fraction of sp³-hybridized carbons (Fsp3) is 0.265. The number of hydrogen-bond donors (Lipinski definition) is 2. The van der Waals surface area contributed by atoms with E-state index >= 15 is 0 Å². The third-order valence-corrected chi connectivity index (χ3v) is 7.64. The summed E-state index contributed by atoms with van der Waals surface area (Å²) in [5.41, 5.74) is 0.792. The van der Waals surface area contributed by atoms with Crippen LogP contribution in [0.25, 0.3) is 0 Å². The highest BCUT2D eigenvalue weighted by molar-refractivity contribution is 6.04. The SMILES string of the molecule is Cc1ccc(C(=O)Nc2ccc(CN3CCN(C)CC3)c(C(F)(F)F)c2)cc1C#Cc1ccc(Nc2ccc(C(F)(F)F)cc2)nn1. The van der Waals surface area contributed by atoms with E-state index < -0.39 is 29.4 Å². The van der Waals surface area contributed by atoms with E-state index in [1.165, 1.54) is 30.3 Å². The van der Waals surface area contributed by atoms with E-state index in [0.717, 1.165) is 36.9 Å². The molecule has 47 heavy (non-hydrogen) atoms. The summed E-state index contributed by atoms with van der Waals surface area (Å²) >= 11 is 0. The summed E-state index contributed by atoms with van der Waals surface area (Å²) in [5.74, 6) is 5.51. The molecule has 2 heterocycles. The van der Waals surface area contributed by atoms with E-state index in [-0.39, 0.29) is 23.4 Å². The lowest BCUT2D eigenvalue weighted by atomic mass is 10.0. The number of nitrogens with zero attached hydrogens (tertiary/aromatic N) is 4. The summed E-state index contributed by atoms with van der Waals surface area (Å²) in [5, 5.41) is 13.5. The van der Waals surface area contributed by atoms with Gasteiger partial charge in [-0.1, -0.05) is 18.1 Å². The summed E-state index contributed by atoms with van der Waals surface area (Å²) in [6.07, 6.45) is -9.02. The Balaban J connectivity index is 1.26. The number of halogens is 6. The molecule has 0 radical (unpaired) electrons. The standard InChI is InChI=1S/C34H30F6N6O/c1-22-3-4-24(32(47)42-29-10-6-25(30(20-29)34(38,39)40)21-46-17-15-45(2)16-18-46)19-23(22)5-9-28-13-14-31(44-43-28)41-27-11-7-26(8-12-27)33(35,36)37/h3-4,6-8,10-14,19-20H,15-18,21H2,1-2H3,(H,41,44)(H,42,47). The summed E-state index contributed by atoms with van der Waals surface area (Å²) in [7, 11) is 1.98. The van der Waals surface area contributed by atoms with Crippen molar-refractivity contribution in [3.8, 4) is 11.8 Å². The van der Waals surface area contributed by atoms with E-state index in [0.29, 0.717) is 35.9 Å². The second-order valence-electron chi connectivity index (χ2n) is 11.2. The zero-order valence-electron chi connectivity index (χ0n) is 25.4. The average molecular weight is 653 g/mol. The normalized spacial score (nSPS) is 14.3. The third kappa shape index (κ3) is 8.87. The fourth-order valence-corrected chi connectivity index (χ4v) is 4.89. The molecule has 0 unspecified atom stereocenters. The second kappa shape index (κ2) is 13.8. The lowest BCUT2D eigenvalue weighted by molar-refractivity contribution is -0.139. The summed E-state index contributed by atoms with van der Waals surface area (Å²) < 4.78 is 80.3. The maximum absolute atomic E-state index is 14.0. The highest BCUT2D eigenvalue weighted by atomic mass is 19.4. The number of hydrogen-bond acceptors (Lipinski definition) is 6. The molecule has 1 aromatic heterocycles. The van der Waals surface area contributed by atoms with Crippen molar-refractivity contribution in [3.05, 3.63) is 112 Å². The van der Waals surface area contributed by atoms with Crippen molar-refractivity contribution >= 4 is 23.1 Å². The molecule has 5 rings (SSSR count). The molecule has 13 heteroatoms. The molecule has 1 aliphatic heterocycles. The maximum Gasteiger partial charge on any atom is 0.416 e. The number of carbonyl (C=O) groups excluding carboxylic acids is 1. The van der Waals surface area contributed by atoms with E-state index in [2.05, 4.69) is 37.6 Å². The van der Waals surface area contributed by atoms with E-state index in [1.807, 2.05) is 11.9 Å². The number of aromatic nitrogens is 2. The minimum absolute atomic E-state index is 0.0259. The summed E-state index contributed by atoms with van der Waals surface area (Å²) in [4.78, 5) is 17.2. The highest BCUT2D eigenvalue weighted by Gasteiger charge is 2.34. The van der Waals surface area contributed by atoms with Crippen LogP contribution in [0.3, 0.4) is 0 Å². The van der Waals surface area contributed by atoms with Crippen LogP contribution in [-0.4, -0.2) is 59.1 Å². The number of aryl methyl sites for hydroxylation is 1. The van der Waals surface area contributed by atoms with Gasteiger partial charge in [0, 0.05) is 55.2 Å². The van der Waals surface area contributed by atoms with E-state index in [4.69, 9.17) is 0 Å². The Labute approximate surface area is 267 Å². The van der Waals surface area contributed by atoms with Gasteiger partial charge in [0.25, 0.3) is 5.91 Å². The second-order valence-corrected chi connectivity index (χ2v) is 11.2. The van der Waals surface area contributed by atoms with Crippen molar-refractivity contribution in [2.75, 3.05) is 43.9 Å². The van der Waals surface area contributed by atoms with Gasteiger partial charge in [-0.15, -0.1) is 10.2 Å². The number of piperazine rings is 1. The quantitative estimate of drug-likeness (QED) is 0.173. The lowest BCUT2D eigenvalue weighted by Gasteiger charge is -2.33. The van der Waals surface area contributed by atoms with Gasteiger partial charge in [-0.25, -0.2) is 0 Å². The van der Waals surface area contributed by atoms with Gasteiger partial charge < -0.3 is 15.5 Å². The number of anilines is 3. The Morgan fingerprint density at radius 1 is 0.809 bits per heavy atom. The van der Waals surface area contributed by atoms with Gasteiger partial charge in [-0.3, -0.25) is 9.69 Å². The first kappa shape index (κ1) is 33.4. The molecule has 1 amide bonds. The first-order valence-electron chi connectivity index (χ1n) is 14.6. The predicted octanol–water partition coefficient (Wildman–Crippen LogP) is 6.97. The van der Waals surface area contributed by atoms with Crippen LogP contribution in [0.15, 0.2) is 72.8 Å². The van der Waals surface area contributed by atoms with Crippen LogP contribution in [-0.2, 0) is 18.9 Å². The molecule has 0 aliphatic carbocycles. The first-order chi connectivity index (χ1) is 22.2. The van der Waals surface area contributed by atoms with Crippen molar-refractivity contribution < 1.29 is 31.1 Å². The minimum atomic E-state index is -4.59. The molecule has 7 nitrogen and oxygen atoms in total. The highest BCUT2D eigenvalue weighted by Crippen LogP contribution is 2.35. The fourth-order valence-electron chi connectivity index (χ4n) is 4.89. The van der Waals surface area contributed by atoms with Crippen LogP contribution >= 0.6 is 0 Å². The van der Waals surface area contributed by atoms with Gasteiger partial charge >= 0.3 is 12.4 Å². The smallest absolute Gasteiger partial charge is 0.339 e. The number of rotatable bonds is 6. The molecule has 1 aliphatic rings. The van der Waals surface area contributed by atoms with Crippen molar-refractivity contribution in [1.82, 2.24) is 20.0 Å². The third-order valence-electron chi connectivity index (χ3n) is 7.64. The number of amides is 1. The Morgan fingerprint density at radius 3 is 2.15 bits per heavy atom. The largest absolute Gasteiger partial charge is 0.416 e. The van der Waals surface area contributed by atoms with E-state index in [1.54, 1.807) is 31.2 Å². The van der Waals surface area contributed by atoms with Gasteiger partial charge in [-0.2, -0.15) is 26.3 Å². The minimum Gasteiger partial charge on any atom is -0.339 e. The Hall–Kier alpha value is -4.93. The lowest BCUT2D eigenvalue weighted by Crippen LogP contribution is -2.44. The van der Waals surface area contributed by atoms with Gasteiger partial charge in [0.2, 0.25) is 0 Å². The van der Waals surface area contributed by atoms with Gasteiger partial charge in [-0.05, 0) is 91.7 Å². The van der Waals surface area contributed by atoms with Crippen LogP contribution in [0.2, 0.25) is 0 Å². The number of likely N-dealkylation sites (N-methyl/N-ethyl adjacent to an activating group) is 1. The maximum atomic E-state index is 14.0. The summed E-state index contributed by atoms with van der Waals surface area (Å²) in [6.45, 7) is 4.87. The number of nitrogens with one attached hydrogen (secondary N) is 2. The molecule has 3 aromatic carbocycles. The van der Waals surface area contributed by atoms with Crippen molar-refractivity contribution in [3.63, 3.8) is 0 Å². The molecule has 0 bridgehead atoms. The zero-order chi connectivity index (χ0) is 33.8. The Morgan fingerprint density at radius 2 is 1.51 bits per heavy atom. The molecular formula is C34H30F6N6O. The van der Waals surface area contributed by atoms with Crippen molar-refractivity contribution in [2.45, 2.75) is 25.8 Å². The van der Waals surface area contributed by atoms with Gasteiger partial charge in [0.15, 0.2) is 5.82 Å². The van der Waals surface area contributed by atoms with E-state index in [9.17, 15) is 31.1 Å². The monoisotopic (exact) mass is 652 g/mol. The first-order valence-corrected chi connectivity index (χ1v) is 14.6. The molecular weight excluding hydrogens is 622 g/mol. The number of benzene rings is 3. The van der Waals surface area contributed by atoms with Crippen LogP contribution in [0.1, 0.15) is 43.9 Å². The molecule has 1 saturated heterocycles. The van der Waals surface area contributed by atoms with Crippen molar-refractivity contribution in [1.29, 1.82) is 0 Å². The van der Waals surface area contributed by atoms with Crippen molar-refractivity contribution in [2.24, 2.45) is 0 Å².